The van der Waals surface area contributed by atoms with Gasteiger partial charge in [0, 0.05) is 23.0 Å². The van der Waals surface area contributed by atoms with Crippen molar-refractivity contribution < 1.29 is 26.3 Å². The zero-order chi connectivity index (χ0) is 23.6. The van der Waals surface area contributed by atoms with E-state index < -0.39 is 33.4 Å². The summed E-state index contributed by atoms with van der Waals surface area (Å²) in [4.78, 5) is 13.6. The zero-order valence-electron chi connectivity index (χ0n) is 17.6. The molecule has 2 aromatic carbocycles. The summed E-state index contributed by atoms with van der Waals surface area (Å²) in [5, 5.41) is -0.384. The smallest absolute Gasteiger partial charge is 0.372 e. The second-order valence-electron chi connectivity index (χ2n) is 8.10. The van der Waals surface area contributed by atoms with Gasteiger partial charge in [0.25, 0.3) is 0 Å². The van der Waals surface area contributed by atoms with E-state index in [0.29, 0.717) is 25.5 Å². The first-order valence-corrected chi connectivity index (χ1v) is 12.0. The summed E-state index contributed by atoms with van der Waals surface area (Å²) in [6.45, 7) is 0.335. The second-order valence-corrected chi connectivity index (χ2v) is 9.81. The van der Waals surface area contributed by atoms with Crippen LogP contribution < -0.4 is 10.3 Å². The van der Waals surface area contributed by atoms with E-state index in [0.717, 1.165) is 24.5 Å². The van der Waals surface area contributed by atoms with Gasteiger partial charge in [0.1, 0.15) is 0 Å². The van der Waals surface area contributed by atoms with Crippen LogP contribution in [-0.4, -0.2) is 25.5 Å². The first-order valence-electron chi connectivity index (χ1n) is 10.6. The summed E-state index contributed by atoms with van der Waals surface area (Å²) >= 11 is 0. The van der Waals surface area contributed by atoms with Gasteiger partial charge in [-0.2, -0.15) is 13.2 Å². The highest BCUT2D eigenvalue weighted by molar-refractivity contribution is 7.89. The Kier molecular flexibility index (Phi) is 6.60. The third-order valence-corrected chi connectivity index (χ3v) is 7.23. The van der Waals surface area contributed by atoms with Gasteiger partial charge in [-0.05, 0) is 36.6 Å². The van der Waals surface area contributed by atoms with Crippen molar-refractivity contribution in [1.29, 1.82) is 0 Å². The Balaban J connectivity index is 1.59. The van der Waals surface area contributed by atoms with Gasteiger partial charge >= 0.3 is 6.18 Å². The fourth-order valence-corrected chi connectivity index (χ4v) is 5.44. The lowest BCUT2D eigenvalue weighted by Gasteiger charge is -2.32. The standard InChI is InChI=1S/C23H23F3N2O4S/c24-23(25,26)18-13-22(29)27-19-11-10-16(12-17(18)19)33(30,31)28-20-8-4-5-9-21(20)32-14-15-6-2-1-3-7-15/h1-3,6-7,10-13,20-21,28H,4-5,8-9,14H2,(H,27,29)/t20-,21+/m0/s1. The average molecular weight is 481 g/mol. The van der Waals surface area contributed by atoms with Gasteiger partial charge in [-0.15, -0.1) is 0 Å². The van der Waals surface area contributed by atoms with Crippen molar-refractivity contribution in [2.75, 3.05) is 0 Å². The first kappa shape index (κ1) is 23.5. The number of pyridine rings is 1. The number of nitrogens with one attached hydrogen (secondary N) is 2. The predicted molar refractivity (Wildman–Crippen MR) is 117 cm³/mol. The maximum atomic E-state index is 13.4. The fourth-order valence-electron chi connectivity index (χ4n) is 4.11. The number of alkyl halides is 3. The molecule has 1 aliphatic rings. The molecule has 1 saturated carbocycles. The quantitative estimate of drug-likeness (QED) is 0.549. The van der Waals surface area contributed by atoms with E-state index in [-0.39, 0.29) is 21.9 Å². The topological polar surface area (TPSA) is 88.3 Å². The van der Waals surface area contributed by atoms with Gasteiger partial charge in [-0.1, -0.05) is 43.2 Å². The van der Waals surface area contributed by atoms with E-state index in [1.54, 1.807) is 0 Å². The molecule has 0 aliphatic heterocycles. The summed E-state index contributed by atoms with van der Waals surface area (Å²) in [5.74, 6) is 0. The molecule has 2 N–H and O–H groups in total. The lowest BCUT2D eigenvalue weighted by atomic mass is 9.93. The highest BCUT2D eigenvalue weighted by Crippen LogP contribution is 2.34. The summed E-state index contributed by atoms with van der Waals surface area (Å²) in [6, 6.07) is 12.7. The van der Waals surface area contributed by atoms with Crippen LogP contribution in [0.1, 0.15) is 36.8 Å². The molecule has 4 rings (SSSR count). The number of fused-ring (bicyclic) bond motifs is 1. The van der Waals surface area contributed by atoms with Crippen LogP contribution in [0.25, 0.3) is 10.9 Å². The molecule has 1 fully saturated rings. The third-order valence-electron chi connectivity index (χ3n) is 5.75. The maximum Gasteiger partial charge on any atom is 0.417 e. The van der Waals surface area contributed by atoms with Crippen LogP contribution in [0.5, 0.6) is 0 Å². The Bertz CT molecular complexity index is 1290. The minimum absolute atomic E-state index is 0.0875. The lowest BCUT2D eigenvalue weighted by Crippen LogP contribution is -2.46. The van der Waals surface area contributed by atoms with Gasteiger partial charge in [0.05, 0.1) is 23.2 Å². The van der Waals surface area contributed by atoms with E-state index in [1.165, 1.54) is 12.1 Å². The molecule has 0 radical (unpaired) electrons. The molecular weight excluding hydrogens is 457 g/mol. The Labute approximate surface area is 188 Å². The fraction of sp³-hybridized carbons (Fsp3) is 0.348. The van der Waals surface area contributed by atoms with Crippen LogP contribution >= 0.6 is 0 Å². The van der Waals surface area contributed by atoms with Gasteiger partial charge < -0.3 is 9.72 Å². The first-order chi connectivity index (χ1) is 15.6. The number of benzene rings is 2. The Morgan fingerprint density at radius 3 is 2.48 bits per heavy atom. The molecule has 0 amide bonds. The van der Waals surface area contributed by atoms with Crippen LogP contribution in [0, 0.1) is 0 Å². The number of hydrogen-bond acceptors (Lipinski definition) is 4. The van der Waals surface area contributed by atoms with Crippen molar-refractivity contribution >= 4 is 20.9 Å². The van der Waals surface area contributed by atoms with Gasteiger partial charge in [0.15, 0.2) is 0 Å². The van der Waals surface area contributed by atoms with Gasteiger partial charge in [-0.25, -0.2) is 13.1 Å². The number of aromatic nitrogens is 1. The van der Waals surface area contributed by atoms with Crippen molar-refractivity contribution in [3.8, 4) is 0 Å². The molecular formula is C23H23F3N2O4S. The maximum absolute atomic E-state index is 13.4. The Morgan fingerprint density at radius 1 is 1.03 bits per heavy atom. The molecule has 0 spiro atoms. The summed E-state index contributed by atoms with van der Waals surface area (Å²) < 4.78 is 75.1. The molecule has 1 aromatic heterocycles. The van der Waals surface area contributed by atoms with E-state index >= 15 is 0 Å². The minimum atomic E-state index is -4.80. The van der Waals surface area contributed by atoms with E-state index in [1.807, 2.05) is 30.3 Å². The van der Waals surface area contributed by atoms with Crippen LogP contribution in [0.15, 0.2) is 64.3 Å². The molecule has 2 atom stereocenters. The highest BCUT2D eigenvalue weighted by atomic mass is 32.2. The largest absolute Gasteiger partial charge is 0.417 e. The molecule has 0 bridgehead atoms. The molecule has 33 heavy (non-hydrogen) atoms. The number of aromatic amines is 1. The third kappa shape index (κ3) is 5.45. The van der Waals surface area contributed by atoms with E-state index in [4.69, 9.17) is 4.74 Å². The van der Waals surface area contributed by atoms with Gasteiger partial charge in [-0.3, -0.25) is 4.79 Å². The molecule has 3 aromatic rings. The molecule has 0 unspecified atom stereocenters. The van der Waals surface area contributed by atoms with Crippen molar-refractivity contribution in [1.82, 2.24) is 9.71 Å². The number of H-pyrrole nitrogens is 1. The number of ether oxygens (including phenoxy) is 1. The number of halogens is 3. The normalized spacial score (nSPS) is 19.6. The minimum Gasteiger partial charge on any atom is -0.372 e. The van der Waals surface area contributed by atoms with Gasteiger partial charge in [0.2, 0.25) is 15.6 Å². The SMILES string of the molecule is O=c1cc(C(F)(F)F)c2cc(S(=O)(=O)N[C@H]3CCCC[C@H]3OCc3ccccc3)ccc2[nH]1. The number of sulfonamides is 1. The molecule has 10 heteroatoms. The van der Waals surface area contributed by atoms with E-state index in [9.17, 15) is 26.4 Å². The molecule has 1 heterocycles. The monoisotopic (exact) mass is 480 g/mol. The zero-order valence-corrected chi connectivity index (χ0v) is 18.4. The van der Waals surface area contributed by atoms with E-state index in [2.05, 4.69) is 9.71 Å². The summed E-state index contributed by atoms with van der Waals surface area (Å²) in [7, 11) is -4.13. The van der Waals surface area contributed by atoms with Crippen LogP contribution in [0.2, 0.25) is 0 Å². The average Bonchev–Trinajstić information content (AvgIpc) is 2.77. The molecule has 1 aliphatic carbocycles. The highest BCUT2D eigenvalue weighted by Gasteiger charge is 2.34. The summed E-state index contributed by atoms with van der Waals surface area (Å²) in [6.07, 6.45) is -2.20. The Morgan fingerprint density at radius 2 is 1.76 bits per heavy atom. The predicted octanol–water partition coefficient (Wildman–Crippen LogP) is 4.35. The number of hydrogen-bond donors (Lipinski definition) is 2. The molecule has 6 nitrogen and oxygen atoms in total. The summed E-state index contributed by atoms with van der Waals surface area (Å²) in [5.41, 5.74) is -1.22. The van der Waals surface area contributed by atoms with Crippen molar-refractivity contribution in [3.63, 3.8) is 0 Å². The lowest BCUT2D eigenvalue weighted by molar-refractivity contribution is -0.136. The van der Waals surface area contributed by atoms with Crippen molar-refractivity contribution in [2.45, 2.75) is 55.5 Å². The molecule has 176 valence electrons. The van der Waals surface area contributed by atoms with Crippen LogP contribution in [0.3, 0.4) is 0 Å². The molecule has 0 saturated heterocycles. The van der Waals surface area contributed by atoms with Crippen molar-refractivity contribution in [2.24, 2.45) is 0 Å². The second kappa shape index (κ2) is 9.28. The Hall–Kier alpha value is -2.69. The van der Waals surface area contributed by atoms with Crippen molar-refractivity contribution in [3.05, 3.63) is 76.1 Å². The number of rotatable bonds is 6. The van der Waals surface area contributed by atoms with Crippen LogP contribution in [-0.2, 0) is 27.5 Å². The van der Waals surface area contributed by atoms with Crippen LogP contribution in [0.4, 0.5) is 13.2 Å².